The van der Waals surface area contributed by atoms with Gasteiger partial charge in [-0.25, -0.2) is 0 Å². The first kappa shape index (κ1) is 15.5. The Kier molecular flexibility index (Phi) is 4.40. The molecule has 22 heavy (non-hydrogen) atoms. The number of rotatable bonds is 5. The lowest BCUT2D eigenvalue weighted by atomic mass is 10.1. The Labute approximate surface area is 127 Å². The van der Waals surface area contributed by atoms with Crippen molar-refractivity contribution in [3.63, 3.8) is 0 Å². The van der Waals surface area contributed by atoms with Crippen molar-refractivity contribution in [2.24, 2.45) is 7.05 Å². The minimum atomic E-state index is -0.618. The summed E-state index contributed by atoms with van der Waals surface area (Å²) in [7, 11) is 1.80. The molecule has 0 spiro atoms. The molecule has 0 unspecified atom stereocenters. The molecule has 2 aromatic rings. The molecule has 0 atom stereocenters. The number of aryl methyl sites for hydroxylation is 2. The Bertz CT molecular complexity index is 723. The van der Waals surface area contributed by atoms with Crippen molar-refractivity contribution in [1.29, 1.82) is 0 Å². The average molecular weight is 303 g/mol. The molecule has 0 aliphatic heterocycles. The first-order valence-electron chi connectivity index (χ1n) is 6.76. The Morgan fingerprint density at radius 2 is 2.23 bits per heavy atom. The van der Waals surface area contributed by atoms with Gasteiger partial charge in [0.15, 0.2) is 0 Å². The van der Waals surface area contributed by atoms with Gasteiger partial charge in [0.25, 0.3) is 11.6 Å². The van der Waals surface area contributed by atoms with Crippen LogP contribution < -0.4 is 11.1 Å². The van der Waals surface area contributed by atoms with E-state index in [1.54, 1.807) is 11.7 Å². The minimum Gasteiger partial charge on any atom is -0.398 e. The Balaban J connectivity index is 2.21. The van der Waals surface area contributed by atoms with Gasteiger partial charge in [-0.2, -0.15) is 5.10 Å². The van der Waals surface area contributed by atoms with Crippen LogP contribution in [-0.4, -0.2) is 20.6 Å². The number of amides is 1. The number of carbonyl (C=O) groups is 1. The summed E-state index contributed by atoms with van der Waals surface area (Å²) in [6, 6.07) is 4.16. The summed E-state index contributed by atoms with van der Waals surface area (Å²) in [5, 5.41) is 18.0. The van der Waals surface area contributed by atoms with Crippen LogP contribution in [0.3, 0.4) is 0 Å². The predicted octanol–water partition coefficient (Wildman–Crippen LogP) is 1.40. The van der Waals surface area contributed by atoms with Gasteiger partial charge in [-0.05, 0) is 12.5 Å². The van der Waals surface area contributed by atoms with Crippen LogP contribution in [-0.2, 0) is 20.0 Å². The zero-order valence-electron chi connectivity index (χ0n) is 12.4. The lowest BCUT2D eigenvalue weighted by molar-refractivity contribution is -0.385. The predicted molar refractivity (Wildman–Crippen MR) is 81.3 cm³/mol. The maximum Gasteiger partial charge on any atom is 0.284 e. The number of nitrogens with one attached hydrogen (secondary N) is 1. The molecule has 0 bridgehead atoms. The van der Waals surface area contributed by atoms with Gasteiger partial charge >= 0.3 is 0 Å². The second-order valence-electron chi connectivity index (χ2n) is 4.81. The van der Waals surface area contributed by atoms with Crippen molar-refractivity contribution < 1.29 is 9.72 Å². The number of hydrogen-bond donors (Lipinski definition) is 2. The number of benzene rings is 1. The zero-order chi connectivity index (χ0) is 16.3. The fourth-order valence-corrected chi connectivity index (χ4v) is 2.25. The second kappa shape index (κ2) is 6.25. The molecule has 0 radical (unpaired) electrons. The molecule has 0 aliphatic rings. The van der Waals surface area contributed by atoms with E-state index in [-0.39, 0.29) is 23.5 Å². The summed E-state index contributed by atoms with van der Waals surface area (Å²) in [6.45, 7) is 2.20. The number of aromatic nitrogens is 2. The Hall–Kier alpha value is -2.90. The van der Waals surface area contributed by atoms with Crippen LogP contribution in [0, 0.1) is 10.1 Å². The van der Waals surface area contributed by atoms with Crippen molar-refractivity contribution in [3.8, 4) is 0 Å². The molecule has 0 saturated carbocycles. The van der Waals surface area contributed by atoms with Gasteiger partial charge in [-0.15, -0.1) is 0 Å². The summed E-state index contributed by atoms with van der Waals surface area (Å²) in [5.74, 6) is -0.573. The normalized spacial score (nSPS) is 10.5. The van der Waals surface area contributed by atoms with Gasteiger partial charge in [-0.3, -0.25) is 19.6 Å². The molecular formula is C14H17N5O3. The molecule has 3 N–H and O–H groups in total. The first-order valence-corrected chi connectivity index (χ1v) is 6.76. The second-order valence-corrected chi connectivity index (χ2v) is 4.81. The molecule has 1 amide bonds. The lowest BCUT2D eigenvalue weighted by Crippen LogP contribution is -2.25. The molecule has 0 fully saturated rings. The van der Waals surface area contributed by atoms with Crippen molar-refractivity contribution >= 4 is 17.3 Å². The van der Waals surface area contributed by atoms with E-state index in [4.69, 9.17) is 5.73 Å². The molecule has 1 heterocycles. The van der Waals surface area contributed by atoms with Crippen molar-refractivity contribution in [2.45, 2.75) is 19.9 Å². The molecular weight excluding hydrogens is 286 g/mol. The molecule has 2 rings (SSSR count). The van der Waals surface area contributed by atoms with Gasteiger partial charge in [0, 0.05) is 31.4 Å². The van der Waals surface area contributed by atoms with Crippen LogP contribution in [0.2, 0.25) is 0 Å². The zero-order valence-corrected chi connectivity index (χ0v) is 12.4. The molecule has 1 aromatic carbocycles. The number of carbonyl (C=O) groups excluding carboxylic acids is 1. The third kappa shape index (κ3) is 3.05. The highest BCUT2D eigenvalue weighted by Gasteiger charge is 2.22. The van der Waals surface area contributed by atoms with Crippen molar-refractivity contribution in [2.75, 3.05) is 5.73 Å². The summed E-state index contributed by atoms with van der Waals surface area (Å²) in [5.41, 5.74) is 7.11. The van der Waals surface area contributed by atoms with E-state index < -0.39 is 10.8 Å². The van der Waals surface area contributed by atoms with Gasteiger partial charge in [-0.1, -0.05) is 13.0 Å². The number of anilines is 1. The summed E-state index contributed by atoms with van der Waals surface area (Å²) >= 11 is 0. The summed E-state index contributed by atoms with van der Waals surface area (Å²) in [6.07, 6.45) is 2.54. The molecule has 0 saturated heterocycles. The minimum absolute atomic E-state index is 0.0774. The van der Waals surface area contributed by atoms with Gasteiger partial charge in [0.1, 0.15) is 5.56 Å². The molecule has 8 heteroatoms. The third-order valence-corrected chi connectivity index (χ3v) is 3.26. The Morgan fingerprint density at radius 3 is 2.86 bits per heavy atom. The monoisotopic (exact) mass is 303 g/mol. The van der Waals surface area contributed by atoms with Crippen LogP contribution >= 0.6 is 0 Å². The highest BCUT2D eigenvalue weighted by atomic mass is 16.6. The number of nitro benzene ring substituents is 1. The number of hydrogen-bond acceptors (Lipinski definition) is 5. The Morgan fingerprint density at radius 1 is 1.50 bits per heavy atom. The fraction of sp³-hybridized carbons (Fsp3) is 0.286. The maximum atomic E-state index is 12.2. The summed E-state index contributed by atoms with van der Waals surface area (Å²) in [4.78, 5) is 22.6. The van der Waals surface area contributed by atoms with Crippen LogP contribution in [0.25, 0.3) is 0 Å². The molecule has 1 aromatic heterocycles. The number of nitro groups is 1. The van der Waals surface area contributed by atoms with E-state index in [9.17, 15) is 14.9 Å². The van der Waals surface area contributed by atoms with Gasteiger partial charge in [0.2, 0.25) is 0 Å². The maximum absolute atomic E-state index is 12.2. The molecule has 8 nitrogen and oxygen atoms in total. The quantitative estimate of drug-likeness (QED) is 0.492. The summed E-state index contributed by atoms with van der Waals surface area (Å²) < 4.78 is 1.67. The van der Waals surface area contributed by atoms with E-state index in [0.29, 0.717) is 0 Å². The third-order valence-electron chi connectivity index (χ3n) is 3.26. The van der Waals surface area contributed by atoms with E-state index in [1.165, 1.54) is 18.2 Å². The smallest absolute Gasteiger partial charge is 0.284 e. The number of nitrogens with zero attached hydrogens (tertiary/aromatic N) is 3. The van der Waals surface area contributed by atoms with Crippen LogP contribution in [0.15, 0.2) is 24.4 Å². The average Bonchev–Trinajstić information content (AvgIpc) is 2.84. The van der Waals surface area contributed by atoms with E-state index >= 15 is 0 Å². The molecule has 116 valence electrons. The van der Waals surface area contributed by atoms with Crippen molar-refractivity contribution in [3.05, 3.63) is 51.3 Å². The first-order chi connectivity index (χ1) is 10.4. The van der Waals surface area contributed by atoms with Crippen LogP contribution in [0.4, 0.5) is 11.4 Å². The topological polar surface area (TPSA) is 116 Å². The highest BCUT2D eigenvalue weighted by molar-refractivity contribution is 6.03. The highest BCUT2D eigenvalue weighted by Crippen LogP contribution is 2.24. The standard InChI is InChI=1S/C14H17N5O3/c1-3-11-9(8-18(2)17-11)7-16-14(20)13-10(15)5-4-6-12(13)19(21)22/h4-6,8H,3,7,15H2,1-2H3,(H,16,20). The van der Waals surface area contributed by atoms with E-state index in [2.05, 4.69) is 10.4 Å². The van der Waals surface area contributed by atoms with Gasteiger partial charge in [0.05, 0.1) is 16.3 Å². The van der Waals surface area contributed by atoms with E-state index in [1.807, 2.05) is 13.1 Å². The van der Waals surface area contributed by atoms with Crippen LogP contribution in [0.5, 0.6) is 0 Å². The van der Waals surface area contributed by atoms with Gasteiger partial charge < -0.3 is 11.1 Å². The fourth-order valence-electron chi connectivity index (χ4n) is 2.25. The van der Waals surface area contributed by atoms with Crippen LogP contribution in [0.1, 0.15) is 28.5 Å². The number of nitrogen functional groups attached to an aromatic ring is 1. The SMILES string of the molecule is CCc1nn(C)cc1CNC(=O)c1c(N)cccc1[N+](=O)[O-]. The largest absolute Gasteiger partial charge is 0.398 e. The lowest BCUT2D eigenvalue weighted by Gasteiger charge is -2.08. The number of nitrogens with two attached hydrogens (primary N) is 1. The van der Waals surface area contributed by atoms with Crippen molar-refractivity contribution in [1.82, 2.24) is 15.1 Å². The van der Waals surface area contributed by atoms with E-state index in [0.717, 1.165) is 17.7 Å². The molecule has 0 aliphatic carbocycles.